The van der Waals surface area contributed by atoms with Crippen molar-refractivity contribution in [3.05, 3.63) is 35.9 Å². The van der Waals surface area contributed by atoms with Crippen molar-refractivity contribution in [3.8, 4) is 0 Å². The van der Waals surface area contributed by atoms with Crippen LogP contribution in [0.4, 0.5) is 0 Å². The summed E-state index contributed by atoms with van der Waals surface area (Å²) in [6, 6.07) is -6.79. The van der Waals surface area contributed by atoms with Crippen LogP contribution in [0.1, 0.15) is 125 Å². The molecule has 29 nitrogen and oxygen atoms in total. The highest BCUT2D eigenvalue weighted by atomic mass is 16.4. The van der Waals surface area contributed by atoms with Crippen molar-refractivity contribution in [2.75, 3.05) is 6.54 Å². The summed E-state index contributed by atoms with van der Waals surface area (Å²) in [5, 5.41) is 51.8. The molecule has 0 saturated heterocycles. The van der Waals surface area contributed by atoms with E-state index >= 15 is 0 Å². The summed E-state index contributed by atoms with van der Waals surface area (Å²) in [6.07, 6.45) is -3.97. The standard InChI is InChI=1S/C53H87N13O16/c1-26(2)22-32(55)45(73)65-42(28(5)6)51(79)64-38(25-40(57)69)49(77)59-34(18-20-41(70)71)47(75)62-36(23-27(3)4)50(78)66-43(30(8)67)52(80)60-33(17-19-39(56)68)46(74)63-37(24-31-14-10-9-11-15-31)48(76)58-29(7)44(72)61-35(53(81)82)16-12-13-21-54/h9-11,14-15,26-30,32-38,42-43,67H,12-13,16-25,54-55H2,1-8H3,(H2,56,68)(H2,57,69)(H,58,76)(H,59,77)(H,60,80)(H,61,72)(H,62,75)(H,63,74)(H,64,79)(H,65,73)(H,66,78)(H,70,71)(H,81,82)/t29-,30+,32-,33-,34-,35-,36-,37-,38-,42-,43-/m0/s1. The molecule has 0 saturated carbocycles. The molecule has 0 radical (unpaired) electrons. The van der Waals surface area contributed by atoms with Crippen molar-refractivity contribution in [2.45, 2.75) is 193 Å². The minimum Gasteiger partial charge on any atom is -0.481 e. The van der Waals surface area contributed by atoms with Gasteiger partial charge in [0.05, 0.1) is 18.6 Å². The molecule has 0 aliphatic rings. The van der Waals surface area contributed by atoms with Crippen LogP contribution in [-0.4, -0.2) is 165 Å². The fourth-order valence-corrected chi connectivity index (χ4v) is 8.10. The lowest BCUT2D eigenvalue weighted by Crippen LogP contribution is -2.62. The first-order valence-corrected chi connectivity index (χ1v) is 27.2. The van der Waals surface area contributed by atoms with Crippen LogP contribution in [0.3, 0.4) is 0 Å². The quantitative estimate of drug-likeness (QED) is 0.0282. The summed E-state index contributed by atoms with van der Waals surface area (Å²) in [6.45, 7) is 12.9. The Bertz CT molecular complexity index is 2360. The Morgan fingerprint density at radius 1 is 0.476 bits per heavy atom. The van der Waals surface area contributed by atoms with E-state index in [9.17, 15) is 77.6 Å². The molecule has 82 heavy (non-hydrogen) atoms. The van der Waals surface area contributed by atoms with Crippen molar-refractivity contribution in [1.82, 2.24) is 47.9 Å². The van der Waals surface area contributed by atoms with Gasteiger partial charge in [-0.25, -0.2) is 4.79 Å². The van der Waals surface area contributed by atoms with Gasteiger partial charge in [-0.1, -0.05) is 71.9 Å². The van der Waals surface area contributed by atoms with Gasteiger partial charge in [0.25, 0.3) is 0 Å². The van der Waals surface area contributed by atoms with Gasteiger partial charge in [0.15, 0.2) is 0 Å². The second kappa shape index (κ2) is 36.5. The lowest BCUT2D eigenvalue weighted by Gasteiger charge is -2.29. The molecule has 0 spiro atoms. The summed E-state index contributed by atoms with van der Waals surface area (Å²) in [7, 11) is 0. The third-order valence-electron chi connectivity index (χ3n) is 12.6. The predicted octanol–water partition coefficient (Wildman–Crippen LogP) is -3.71. The summed E-state index contributed by atoms with van der Waals surface area (Å²) >= 11 is 0. The van der Waals surface area contributed by atoms with Crippen molar-refractivity contribution < 1.29 is 77.6 Å². The van der Waals surface area contributed by atoms with E-state index in [2.05, 4.69) is 47.9 Å². The van der Waals surface area contributed by atoms with Crippen LogP contribution < -0.4 is 70.8 Å². The Balaban J connectivity index is 3.52. The maximum atomic E-state index is 14.1. The monoisotopic (exact) mass is 1160 g/mol. The zero-order valence-electron chi connectivity index (χ0n) is 47.9. The number of amides is 11. The number of carboxylic acids is 2. The average molecular weight is 1160 g/mol. The van der Waals surface area contributed by atoms with E-state index in [-0.39, 0.29) is 37.5 Å². The number of hydrogen-bond donors (Lipinski definition) is 16. The number of aliphatic hydroxyl groups excluding tert-OH is 1. The highest BCUT2D eigenvalue weighted by Crippen LogP contribution is 2.13. The second-order valence-electron chi connectivity index (χ2n) is 21.3. The van der Waals surface area contributed by atoms with Gasteiger partial charge in [0.2, 0.25) is 65.0 Å². The molecular weight excluding hydrogens is 1070 g/mol. The molecule has 1 aromatic carbocycles. The number of carboxylic acid groups (broad SMARTS) is 2. The maximum Gasteiger partial charge on any atom is 0.326 e. The van der Waals surface area contributed by atoms with Gasteiger partial charge in [-0.3, -0.25) is 57.5 Å². The predicted molar refractivity (Wildman–Crippen MR) is 296 cm³/mol. The van der Waals surface area contributed by atoms with E-state index in [0.717, 1.165) is 6.92 Å². The Hall–Kier alpha value is -7.79. The van der Waals surface area contributed by atoms with Gasteiger partial charge < -0.3 is 86.1 Å². The third-order valence-corrected chi connectivity index (χ3v) is 12.6. The Morgan fingerprint density at radius 2 is 0.939 bits per heavy atom. The zero-order valence-corrected chi connectivity index (χ0v) is 47.9. The number of aliphatic carboxylic acids is 2. The lowest BCUT2D eigenvalue weighted by atomic mass is 9.99. The number of nitrogens with two attached hydrogens (primary N) is 4. The highest BCUT2D eigenvalue weighted by molar-refractivity contribution is 5.99. The number of carbonyl (C=O) groups is 13. The summed E-state index contributed by atoms with van der Waals surface area (Å²) in [5.41, 5.74) is 22.9. The van der Waals surface area contributed by atoms with Gasteiger partial charge in [0, 0.05) is 19.3 Å². The molecule has 11 atom stereocenters. The van der Waals surface area contributed by atoms with Crippen molar-refractivity contribution >= 4 is 76.9 Å². The van der Waals surface area contributed by atoms with E-state index < -0.39 is 181 Å². The number of hydrogen-bond acceptors (Lipinski definition) is 16. The van der Waals surface area contributed by atoms with Gasteiger partial charge in [-0.2, -0.15) is 0 Å². The molecule has 0 heterocycles. The maximum absolute atomic E-state index is 14.1. The fourth-order valence-electron chi connectivity index (χ4n) is 8.10. The normalized spacial score (nSPS) is 15.2. The van der Waals surface area contributed by atoms with E-state index in [4.69, 9.17) is 22.9 Å². The third kappa shape index (κ3) is 27.6. The molecule has 1 aromatic rings. The van der Waals surface area contributed by atoms with Gasteiger partial charge >= 0.3 is 11.9 Å². The molecule has 11 amide bonds. The van der Waals surface area contributed by atoms with Crippen LogP contribution in [0.15, 0.2) is 30.3 Å². The number of rotatable bonds is 39. The van der Waals surface area contributed by atoms with Crippen LogP contribution in [0.2, 0.25) is 0 Å². The average Bonchev–Trinajstić information content (AvgIpc) is 3.46. The molecule has 0 unspecified atom stereocenters. The molecule has 20 N–H and O–H groups in total. The van der Waals surface area contributed by atoms with Crippen LogP contribution in [-0.2, 0) is 68.7 Å². The smallest absolute Gasteiger partial charge is 0.326 e. The fraction of sp³-hybridized carbons (Fsp3) is 0.642. The molecule has 29 heteroatoms. The molecule has 0 aliphatic carbocycles. The van der Waals surface area contributed by atoms with Crippen LogP contribution in [0.5, 0.6) is 0 Å². The van der Waals surface area contributed by atoms with E-state index in [1.165, 1.54) is 6.92 Å². The molecule has 0 fully saturated rings. The Kier molecular flexibility index (Phi) is 32.2. The number of benzene rings is 1. The minimum absolute atomic E-state index is 0.0329. The van der Waals surface area contributed by atoms with E-state index in [0.29, 0.717) is 24.9 Å². The summed E-state index contributed by atoms with van der Waals surface area (Å²) < 4.78 is 0. The number of primary amides is 2. The first kappa shape index (κ1) is 72.2. The number of carbonyl (C=O) groups excluding carboxylic acids is 11. The molecule has 0 aliphatic heterocycles. The summed E-state index contributed by atoms with van der Waals surface area (Å²) in [4.78, 5) is 171. The SMILES string of the molecule is CC(C)C[C@H](NC(=O)[C@H](CCC(=O)O)NC(=O)[C@H](CC(N)=O)NC(=O)[C@@H](NC(=O)[C@@H](N)CC(C)C)C(C)C)C(=O)N[C@H](C(=O)N[C@@H](CCC(N)=O)C(=O)N[C@@H](Cc1ccccc1)C(=O)N[C@@H](C)C(=O)N[C@@H](CCCCN)C(=O)O)[C@@H](C)O. The lowest BCUT2D eigenvalue weighted by molar-refractivity contribution is -0.142. The van der Waals surface area contributed by atoms with Gasteiger partial charge in [-0.15, -0.1) is 0 Å². The molecule has 1 rings (SSSR count). The first-order valence-electron chi connectivity index (χ1n) is 27.2. The molecular formula is C53H87N13O16. The topological polar surface area (TPSA) is 495 Å². The molecule has 0 bridgehead atoms. The van der Waals surface area contributed by atoms with Crippen LogP contribution in [0, 0.1) is 17.8 Å². The summed E-state index contributed by atoms with van der Waals surface area (Å²) in [5.74, 6) is -14.7. The van der Waals surface area contributed by atoms with Crippen LogP contribution in [0.25, 0.3) is 0 Å². The van der Waals surface area contributed by atoms with Crippen LogP contribution >= 0.6 is 0 Å². The van der Waals surface area contributed by atoms with Gasteiger partial charge in [-0.05, 0) is 88.7 Å². The largest absolute Gasteiger partial charge is 0.481 e. The first-order chi connectivity index (χ1) is 38.3. The van der Waals surface area contributed by atoms with Crippen molar-refractivity contribution in [1.29, 1.82) is 0 Å². The molecule has 0 aromatic heterocycles. The Morgan fingerprint density at radius 3 is 1.44 bits per heavy atom. The molecule has 460 valence electrons. The zero-order chi connectivity index (χ0) is 62.6. The van der Waals surface area contributed by atoms with Gasteiger partial charge in [0.1, 0.15) is 54.4 Å². The number of nitrogens with one attached hydrogen (secondary N) is 9. The number of aliphatic hydroxyl groups is 1. The minimum atomic E-state index is -1.90. The second-order valence-corrected chi connectivity index (χ2v) is 21.3. The highest BCUT2D eigenvalue weighted by Gasteiger charge is 2.37. The van der Waals surface area contributed by atoms with E-state index in [1.54, 1.807) is 58.0 Å². The van der Waals surface area contributed by atoms with Crippen molar-refractivity contribution in [3.63, 3.8) is 0 Å². The Labute approximate surface area is 476 Å². The van der Waals surface area contributed by atoms with Crippen molar-refractivity contribution in [2.24, 2.45) is 40.7 Å². The number of unbranched alkanes of at least 4 members (excludes halogenated alkanes) is 1. The van der Waals surface area contributed by atoms with E-state index in [1.807, 2.05) is 13.8 Å².